The third-order valence-corrected chi connectivity index (χ3v) is 2.62. The SMILES string of the molecule is CCN(C(C)C)C(CN)CC(C)(C)C. The molecular formula is C12H28N2. The highest BCUT2D eigenvalue weighted by Crippen LogP contribution is 2.24. The summed E-state index contributed by atoms with van der Waals surface area (Å²) < 4.78 is 0. The van der Waals surface area contributed by atoms with Crippen LogP contribution in [0.2, 0.25) is 0 Å². The van der Waals surface area contributed by atoms with E-state index >= 15 is 0 Å². The number of rotatable bonds is 5. The Morgan fingerprint density at radius 3 is 1.93 bits per heavy atom. The maximum atomic E-state index is 5.85. The second-order valence-corrected chi connectivity index (χ2v) is 5.58. The fraction of sp³-hybridized carbons (Fsp3) is 1.00. The van der Waals surface area contributed by atoms with Gasteiger partial charge in [-0.05, 0) is 32.2 Å². The van der Waals surface area contributed by atoms with Crippen LogP contribution in [0.15, 0.2) is 0 Å². The van der Waals surface area contributed by atoms with E-state index in [0.29, 0.717) is 17.5 Å². The molecule has 2 nitrogen and oxygen atoms in total. The van der Waals surface area contributed by atoms with Gasteiger partial charge in [0.2, 0.25) is 0 Å². The molecule has 0 heterocycles. The van der Waals surface area contributed by atoms with E-state index in [1.807, 2.05) is 0 Å². The summed E-state index contributed by atoms with van der Waals surface area (Å²) in [6, 6.07) is 1.12. The molecule has 0 aliphatic rings. The van der Waals surface area contributed by atoms with Crippen LogP contribution >= 0.6 is 0 Å². The Kier molecular flexibility index (Phi) is 5.68. The van der Waals surface area contributed by atoms with Crippen molar-refractivity contribution in [1.82, 2.24) is 4.90 Å². The largest absolute Gasteiger partial charge is 0.329 e. The quantitative estimate of drug-likeness (QED) is 0.739. The average Bonchev–Trinajstić information content (AvgIpc) is 2.00. The molecule has 1 unspecified atom stereocenters. The molecule has 0 saturated heterocycles. The van der Waals surface area contributed by atoms with Gasteiger partial charge in [0.25, 0.3) is 0 Å². The highest BCUT2D eigenvalue weighted by molar-refractivity contribution is 4.79. The third-order valence-electron chi connectivity index (χ3n) is 2.62. The fourth-order valence-electron chi connectivity index (χ4n) is 2.09. The molecule has 0 bridgehead atoms. The number of likely N-dealkylation sites (N-methyl/N-ethyl adjacent to an activating group) is 1. The summed E-state index contributed by atoms with van der Waals surface area (Å²) in [6.45, 7) is 15.4. The molecule has 2 N–H and O–H groups in total. The van der Waals surface area contributed by atoms with Gasteiger partial charge in [-0.1, -0.05) is 27.7 Å². The van der Waals surface area contributed by atoms with Crippen molar-refractivity contribution in [2.24, 2.45) is 11.1 Å². The summed E-state index contributed by atoms with van der Waals surface area (Å²) >= 11 is 0. The molecule has 0 spiro atoms. The van der Waals surface area contributed by atoms with Crippen molar-refractivity contribution in [1.29, 1.82) is 0 Å². The van der Waals surface area contributed by atoms with Gasteiger partial charge in [-0.25, -0.2) is 0 Å². The minimum Gasteiger partial charge on any atom is -0.329 e. The van der Waals surface area contributed by atoms with Crippen LogP contribution in [0.4, 0.5) is 0 Å². The normalized spacial score (nSPS) is 15.2. The van der Waals surface area contributed by atoms with Crippen LogP contribution < -0.4 is 5.73 Å². The summed E-state index contributed by atoms with van der Waals surface area (Å²) in [5.41, 5.74) is 6.22. The molecule has 0 rings (SSSR count). The Bertz CT molecular complexity index is 147. The molecule has 0 radical (unpaired) electrons. The Hall–Kier alpha value is -0.0800. The molecule has 0 aliphatic heterocycles. The van der Waals surface area contributed by atoms with Crippen molar-refractivity contribution < 1.29 is 0 Å². The Morgan fingerprint density at radius 2 is 1.71 bits per heavy atom. The molecule has 0 aromatic carbocycles. The second-order valence-electron chi connectivity index (χ2n) is 5.58. The van der Waals surface area contributed by atoms with Crippen molar-refractivity contribution in [2.45, 2.75) is 60.0 Å². The molecule has 0 aromatic rings. The first kappa shape index (κ1) is 13.9. The van der Waals surface area contributed by atoms with E-state index in [4.69, 9.17) is 5.73 Å². The zero-order chi connectivity index (χ0) is 11.4. The summed E-state index contributed by atoms with van der Waals surface area (Å²) in [4.78, 5) is 2.49. The molecular weight excluding hydrogens is 172 g/mol. The zero-order valence-corrected chi connectivity index (χ0v) is 10.8. The maximum Gasteiger partial charge on any atom is 0.0225 e. The van der Waals surface area contributed by atoms with Gasteiger partial charge in [0, 0.05) is 18.6 Å². The van der Waals surface area contributed by atoms with E-state index in [1.165, 1.54) is 6.42 Å². The Morgan fingerprint density at radius 1 is 1.21 bits per heavy atom. The first-order valence-corrected chi connectivity index (χ1v) is 5.77. The van der Waals surface area contributed by atoms with Crippen LogP contribution in [0.5, 0.6) is 0 Å². The molecule has 2 heteroatoms. The fourth-order valence-corrected chi connectivity index (χ4v) is 2.09. The zero-order valence-electron chi connectivity index (χ0n) is 10.8. The van der Waals surface area contributed by atoms with Gasteiger partial charge in [-0.3, -0.25) is 4.90 Å². The topological polar surface area (TPSA) is 29.3 Å². The lowest BCUT2D eigenvalue weighted by Crippen LogP contribution is -2.46. The molecule has 0 aromatic heterocycles. The summed E-state index contributed by atoms with van der Waals surface area (Å²) in [5, 5.41) is 0. The average molecular weight is 200 g/mol. The predicted molar refractivity (Wildman–Crippen MR) is 64.4 cm³/mol. The lowest BCUT2D eigenvalue weighted by Gasteiger charge is -2.37. The van der Waals surface area contributed by atoms with Crippen molar-refractivity contribution in [2.75, 3.05) is 13.1 Å². The van der Waals surface area contributed by atoms with Crippen molar-refractivity contribution >= 4 is 0 Å². The lowest BCUT2D eigenvalue weighted by atomic mass is 9.87. The van der Waals surface area contributed by atoms with E-state index < -0.39 is 0 Å². The Balaban J connectivity index is 4.37. The molecule has 14 heavy (non-hydrogen) atoms. The predicted octanol–water partition coefficient (Wildman–Crippen LogP) is 2.48. The standard InChI is InChI=1S/C12H28N2/c1-7-14(10(2)3)11(9-13)8-12(4,5)6/h10-11H,7-9,13H2,1-6H3. The van der Waals surface area contributed by atoms with Gasteiger partial charge in [-0.15, -0.1) is 0 Å². The van der Waals surface area contributed by atoms with Crippen LogP contribution in [0.25, 0.3) is 0 Å². The van der Waals surface area contributed by atoms with Crippen LogP contribution in [0.1, 0.15) is 48.0 Å². The minimum atomic E-state index is 0.367. The third kappa shape index (κ3) is 4.97. The van der Waals surface area contributed by atoms with Gasteiger partial charge in [0.15, 0.2) is 0 Å². The van der Waals surface area contributed by atoms with Crippen molar-refractivity contribution in [3.63, 3.8) is 0 Å². The van der Waals surface area contributed by atoms with Crippen molar-refractivity contribution in [3.8, 4) is 0 Å². The smallest absolute Gasteiger partial charge is 0.0225 e. The minimum absolute atomic E-state index is 0.367. The molecule has 1 atom stereocenters. The first-order valence-electron chi connectivity index (χ1n) is 5.77. The summed E-state index contributed by atoms with van der Waals surface area (Å²) in [5.74, 6) is 0. The van der Waals surface area contributed by atoms with Crippen LogP contribution in [-0.2, 0) is 0 Å². The molecule has 0 amide bonds. The molecule has 0 fully saturated rings. The van der Waals surface area contributed by atoms with Crippen molar-refractivity contribution in [3.05, 3.63) is 0 Å². The number of hydrogen-bond acceptors (Lipinski definition) is 2. The molecule has 0 saturated carbocycles. The van der Waals surface area contributed by atoms with E-state index in [-0.39, 0.29) is 0 Å². The number of nitrogens with zero attached hydrogens (tertiary/aromatic N) is 1. The Labute approximate surface area is 89.9 Å². The maximum absolute atomic E-state index is 5.85. The number of nitrogens with two attached hydrogens (primary N) is 1. The van der Waals surface area contributed by atoms with E-state index in [1.54, 1.807) is 0 Å². The van der Waals surface area contributed by atoms with Gasteiger partial charge in [-0.2, -0.15) is 0 Å². The summed E-state index contributed by atoms with van der Waals surface area (Å²) in [7, 11) is 0. The van der Waals surface area contributed by atoms with Crippen LogP contribution in [0.3, 0.4) is 0 Å². The molecule has 0 aliphatic carbocycles. The molecule has 86 valence electrons. The highest BCUT2D eigenvalue weighted by Gasteiger charge is 2.23. The van der Waals surface area contributed by atoms with E-state index in [9.17, 15) is 0 Å². The second kappa shape index (κ2) is 5.72. The van der Waals surface area contributed by atoms with E-state index in [0.717, 1.165) is 13.1 Å². The first-order chi connectivity index (χ1) is 6.31. The monoisotopic (exact) mass is 200 g/mol. The van der Waals surface area contributed by atoms with Gasteiger partial charge < -0.3 is 5.73 Å². The lowest BCUT2D eigenvalue weighted by molar-refractivity contribution is 0.126. The number of hydrogen-bond donors (Lipinski definition) is 1. The van der Waals surface area contributed by atoms with Crippen LogP contribution in [-0.4, -0.2) is 30.1 Å². The van der Waals surface area contributed by atoms with Gasteiger partial charge in [0.05, 0.1) is 0 Å². The summed E-state index contributed by atoms with van der Waals surface area (Å²) in [6.07, 6.45) is 1.18. The highest BCUT2D eigenvalue weighted by atomic mass is 15.2. The van der Waals surface area contributed by atoms with Gasteiger partial charge >= 0.3 is 0 Å². The van der Waals surface area contributed by atoms with Gasteiger partial charge in [0.1, 0.15) is 0 Å². The van der Waals surface area contributed by atoms with Crippen LogP contribution in [0, 0.1) is 5.41 Å². The van der Waals surface area contributed by atoms with E-state index in [2.05, 4.69) is 46.4 Å².